The summed E-state index contributed by atoms with van der Waals surface area (Å²) in [5.74, 6) is -1.70. The molecule has 0 radical (unpaired) electrons. The van der Waals surface area contributed by atoms with Crippen molar-refractivity contribution in [3.8, 4) is 5.75 Å². The predicted molar refractivity (Wildman–Crippen MR) is 143 cm³/mol. The van der Waals surface area contributed by atoms with Gasteiger partial charge in [-0.1, -0.05) is 32.0 Å². The van der Waals surface area contributed by atoms with Gasteiger partial charge in [0.15, 0.2) is 0 Å². The van der Waals surface area contributed by atoms with Gasteiger partial charge in [-0.2, -0.15) is 0 Å². The number of anilines is 1. The molecule has 0 saturated carbocycles. The van der Waals surface area contributed by atoms with Gasteiger partial charge in [0.1, 0.15) is 11.5 Å². The average molecular weight is 515 g/mol. The van der Waals surface area contributed by atoms with Gasteiger partial charge in [-0.3, -0.25) is 19.5 Å². The molecule has 1 aromatic heterocycles. The summed E-state index contributed by atoms with van der Waals surface area (Å²) in [6.45, 7) is 7.95. The summed E-state index contributed by atoms with van der Waals surface area (Å²) in [5, 5.41) is 11.3. The highest BCUT2D eigenvalue weighted by atomic mass is 16.5. The van der Waals surface area contributed by atoms with Crippen LogP contribution in [0.15, 0.2) is 78.6 Å². The second-order valence-electron chi connectivity index (χ2n) is 9.69. The fraction of sp³-hybridized carbons (Fsp3) is 0.267. The van der Waals surface area contributed by atoms with Crippen LogP contribution in [0.1, 0.15) is 55.2 Å². The van der Waals surface area contributed by atoms with E-state index in [9.17, 15) is 19.5 Å². The molecule has 1 unspecified atom stereocenters. The number of aliphatic hydroxyl groups excluding tert-OH is 1. The van der Waals surface area contributed by atoms with Crippen molar-refractivity contribution in [3.05, 3.63) is 95.3 Å². The first kappa shape index (κ1) is 26.6. The summed E-state index contributed by atoms with van der Waals surface area (Å²) in [4.78, 5) is 44.5. The third-order valence-corrected chi connectivity index (χ3v) is 5.85. The topological polar surface area (TPSA) is 106 Å². The maximum Gasteiger partial charge on any atom is 0.338 e. The molecule has 0 aliphatic carbocycles. The van der Waals surface area contributed by atoms with Crippen molar-refractivity contribution in [1.29, 1.82) is 0 Å². The number of ether oxygens (including phenoxy) is 2. The number of hydrogen-bond acceptors (Lipinski definition) is 7. The molecule has 196 valence electrons. The Balaban J connectivity index is 1.77. The van der Waals surface area contributed by atoms with Gasteiger partial charge in [-0.25, -0.2) is 4.79 Å². The lowest BCUT2D eigenvalue weighted by atomic mass is 9.96. The van der Waals surface area contributed by atoms with Crippen molar-refractivity contribution in [3.63, 3.8) is 0 Å². The van der Waals surface area contributed by atoms with E-state index in [2.05, 4.69) is 4.98 Å². The van der Waals surface area contributed by atoms with Crippen LogP contribution in [0.5, 0.6) is 5.75 Å². The third-order valence-electron chi connectivity index (χ3n) is 5.85. The third kappa shape index (κ3) is 5.59. The van der Waals surface area contributed by atoms with Crippen LogP contribution in [0, 0.1) is 5.92 Å². The van der Waals surface area contributed by atoms with Gasteiger partial charge in [0.25, 0.3) is 11.7 Å². The zero-order valence-electron chi connectivity index (χ0n) is 21.8. The zero-order chi connectivity index (χ0) is 27.4. The maximum atomic E-state index is 13.3. The Kier molecular flexibility index (Phi) is 7.90. The van der Waals surface area contributed by atoms with Gasteiger partial charge in [-0.15, -0.1) is 0 Å². The number of Topliss-reactive ketones (excluding diaryl/α,β-unsaturated/α-hetero) is 1. The Bertz CT molecular complexity index is 1360. The number of hydrogen-bond donors (Lipinski definition) is 1. The first-order valence-electron chi connectivity index (χ1n) is 12.4. The summed E-state index contributed by atoms with van der Waals surface area (Å²) in [5.41, 5.74) is 1.54. The minimum atomic E-state index is -0.933. The Labute approximate surface area is 221 Å². The zero-order valence-corrected chi connectivity index (χ0v) is 21.8. The van der Waals surface area contributed by atoms with Crippen molar-refractivity contribution in [2.24, 2.45) is 5.92 Å². The highest BCUT2D eigenvalue weighted by Crippen LogP contribution is 2.42. The van der Waals surface area contributed by atoms with Crippen LogP contribution in [0.3, 0.4) is 0 Å². The Morgan fingerprint density at radius 3 is 2.37 bits per heavy atom. The number of rotatable bonds is 8. The first-order chi connectivity index (χ1) is 18.2. The molecular weight excluding hydrogens is 484 g/mol. The van der Waals surface area contributed by atoms with E-state index in [1.54, 1.807) is 73.1 Å². The standard InChI is InChI=1S/C30H30N2O6/c1-18(2)17-37-30(36)20-10-12-23(13-11-20)32-26(22-8-6-14-31-16-22)25(28(34)29(32)35)27(33)21-7-5-9-24(15-21)38-19(3)4/h5-16,18-19,26,33H,17H2,1-4H3/b27-25+. The number of aliphatic hydroxyl groups is 1. The van der Waals surface area contributed by atoms with Gasteiger partial charge in [0.05, 0.1) is 29.9 Å². The summed E-state index contributed by atoms with van der Waals surface area (Å²) in [6.07, 6.45) is 3.05. The summed E-state index contributed by atoms with van der Waals surface area (Å²) in [6, 6.07) is 15.5. The molecule has 1 N–H and O–H groups in total. The molecule has 1 atom stereocenters. The van der Waals surface area contributed by atoms with Gasteiger partial charge < -0.3 is 14.6 Å². The largest absolute Gasteiger partial charge is 0.507 e. The predicted octanol–water partition coefficient (Wildman–Crippen LogP) is 5.31. The highest BCUT2D eigenvalue weighted by Gasteiger charge is 2.47. The summed E-state index contributed by atoms with van der Waals surface area (Å²) < 4.78 is 11.0. The van der Waals surface area contributed by atoms with E-state index < -0.39 is 23.7 Å². The molecular formula is C30H30N2O6. The van der Waals surface area contributed by atoms with Crippen LogP contribution in [0.4, 0.5) is 5.69 Å². The van der Waals surface area contributed by atoms with E-state index in [1.807, 2.05) is 27.7 Å². The lowest BCUT2D eigenvalue weighted by Crippen LogP contribution is -2.29. The number of ketones is 1. The van der Waals surface area contributed by atoms with Crippen molar-refractivity contribution in [1.82, 2.24) is 4.98 Å². The molecule has 4 rings (SSSR count). The SMILES string of the molecule is CC(C)COC(=O)c1ccc(N2C(=O)C(=O)/C(=C(/O)c3cccc(OC(C)C)c3)C2c2cccnc2)cc1. The van der Waals surface area contributed by atoms with Crippen molar-refractivity contribution in [2.75, 3.05) is 11.5 Å². The summed E-state index contributed by atoms with van der Waals surface area (Å²) >= 11 is 0. The lowest BCUT2D eigenvalue weighted by molar-refractivity contribution is -0.132. The summed E-state index contributed by atoms with van der Waals surface area (Å²) in [7, 11) is 0. The normalized spacial score (nSPS) is 16.8. The first-order valence-corrected chi connectivity index (χ1v) is 12.4. The molecule has 38 heavy (non-hydrogen) atoms. The van der Waals surface area contributed by atoms with E-state index in [0.29, 0.717) is 34.7 Å². The fourth-order valence-electron chi connectivity index (χ4n) is 4.18. The molecule has 2 heterocycles. The van der Waals surface area contributed by atoms with Crippen LogP contribution in [0.25, 0.3) is 5.76 Å². The van der Waals surface area contributed by atoms with Gasteiger partial charge in [-0.05, 0) is 67.8 Å². The smallest absolute Gasteiger partial charge is 0.338 e. The number of nitrogens with zero attached hydrogens (tertiary/aromatic N) is 2. The van der Waals surface area contributed by atoms with Crippen LogP contribution < -0.4 is 9.64 Å². The van der Waals surface area contributed by atoms with Gasteiger partial charge in [0, 0.05) is 23.6 Å². The Morgan fingerprint density at radius 1 is 1.00 bits per heavy atom. The van der Waals surface area contributed by atoms with Gasteiger partial charge >= 0.3 is 5.97 Å². The maximum absolute atomic E-state index is 13.3. The molecule has 1 amide bonds. The number of pyridine rings is 1. The quantitative estimate of drug-likeness (QED) is 0.188. The average Bonchev–Trinajstić information content (AvgIpc) is 3.17. The molecule has 8 heteroatoms. The fourth-order valence-corrected chi connectivity index (χ4v) is 4.18. The minimum Gasteiger partial charge on any atom is -0.507 e. The van der Waals surface area contributed by atoms with E-state index in [1.165, 1.54) is 4.90 Å². The molecule has 1 aliphatic rings. The molecule has 1 aliphatic heterocycles. The minimum absolute atomic E-state index is 0.0647. The Hall–Kier alpha value is -4.46. The molecule has 2 aromatic carbocycles. The van der Waals surface area contributed by atoms with E-state index in [4.69, 9.17) is 9.47 Å². The second-order valence-corrected chi connectivity index (χ2v) is 9.69. The molecule has 1 fully saturated rings. The van der Waals surface area contributed by atoms with Crippen LogP contribution in [-0.4, -0.2) is 40.5 Å². The number of carbonyl (C=O) groups is 3. The molecule has 8 nitrogen and oxygen atoms in total. The Morgan fingerprint density at radius 2 is 1.74 bits per heavy atom. The number of aromatic nitrogens is 1. The second kappa shape index (κ2) is 11.3. The number of carbonyl (C=O) groups excluding carboxylic acids is 3. The van der Waals surface area contributed by atoms with E-state index >= 15 is 0 Å². The molecule has 3 aromatic rings. The van der Waals surface area contributed by atoms with Crippen LogP contribution in [-0.2, 0) is 14.3 Å². The highest BCUT2D eigenvalue weighted by molar-refractivity contribution is 6.51. The number of amides is 1. The molecule has 0 bridgehead atoms. The number of esters is 1. The lowest BCUT2D eigenvalue weighted by Gasteiger charge is -2.25. The van der Waals surface area contributed by atoms with Crippen LogP contribution >= 0.6 is 0 Å². The van der Waals surface area contributed by atoms with Gasteiger partial charge in [0.2, 0.25) is 0 Å². The van der Waals surface area contributed by atoms with E-state index in [-0.39, 0.29) is 23.4 Å². The number of benzene rings is 2. The van der Waals surface area contributed by atoms with Crippen molar-refractivity contribution in [2.45, 2.75) is 39.8 Å². The van der Waals surface area contributed by atoms with E-state index in [0.717, 1.165) is 0 Å². The van der Waals surface area contributed by atoms with Crippen molar-refractivity contribution < 1.29 is 29.0 Å². The van der Waals surface area contributed by atoms with Crippen LogP contribution in [0.2, 0.25) is 0 Å². The molecule has 0 spiro atoms. The van der Waals surface area contributed by atoms with Crippen molar-refractivity contribution >= 4 is 29.1 Å². The molecule has 1 saturated heterocycles. The monoisotopic (exact) mass is 514 g/mol.